The summed E-state index contributed by atoms with van der Waals surface area (Å²) in [5.74, 6) is -1.19. The molecule has 4 rings (SSSR count). The Morgan fingerprint density at radius 2 is 1.52 bits per heavy atom. The summed E-state index contributed by atoms with van der Waals surface area (Å²) < 4.78 is 3.10. The molecule has 0 bridgehead atoms. The lowest BCUT2D eigenvalue weighted by Gasteiger charge is -2.28. The van der Waals surface area contributed by atoms with E-state index >= 15 is 0 Å². The van der Waals surface area contributed by atoms with Gasteiger partial charge in [-0.15, -0.1) is 0 Å². The first kappa shape index (κ1) is 19.1. The number of para-hydroxylation sites is 1. The predicted octanol–water partition coefficient (Wildman–Crippen LogP) is 3.89. The molecule has 0 N–H and O–H groups in total. The highest BCUT2D eigenvalue weighted by Gasteiger charge is 2.37. The number of barbiturate groups is 1. The summed E-state index contributed by atoms with van der Waals surface area (Å²) in [6.45, 7) is 0.650. The van der Waals surface area contributed by atoms with Gasteiger partial charge in [-0.1, -0.05) is 46.3 Å². The van der Waals surface area contributed by atoms with Crippen molar-refractivity contribution in [3.8, 4) is 0 Å². The Balaban J connectivity index is 1.79. The van der Waals surface area contributed by atoms with Crippen LogP contribution in [0.3, 0.4) is 0 Å². The number of carbonyl (C=O) groups is 3. The van der Waals surface area contributed by atoms with Gasteiger partial charge in [0.2, 0.25) is 0 Å². The van der Waals surface area contributed by atoms with E-state index in [4.69, 9.17) is 0 Å². The van der Waals surface area contributed by atoms with E-state index in [0.717, 1.165) is 36.3 Å². The van der Waals surface area contributed by atoms with Crippen molar-refractivity contribution in [2.75, 3.05) is 14.1 Å². The third-order valence-electron chi connectivity index (χ3n) is 5.03. The fraction of sp³-hybridized carbons (Fsp3) is 0.136. The fourth-order valence-corrected chi connectivity index (χ4v) is 3.70. The maximum absolute atomic E-state index is 12.5. The van der Waals surface area contributed by atoms with Gasteiger partial charge in [0.15, 0.2) is 0 Å². The SMILES string of the molecule is CN1C(=O)C(=Cc2cn(Cc3ccc(Br)cc3)c3ccccc23)C(=O)N(C)C1=O. The van der Waals surface area contributed by atoms with Gasteiger partial charge in [0.25, 0.3) is 11.8 Å². The maximum Gasteiger partial charge on any atom is 0.333 e. The number of halogens is 1. The molecule has 146 valence electrons. The molecule has 29 heavy (non-hydrogen) atoms. The minimum Gasteiger partial charge on any atom is -0.342 e. The topological polar surface area (TPSA) is 62.6 Å². The van der Waals surface area contributed by atoms with Crippen molar-refractivity contribution in [1.29, 1.82) is 0 Å². The van der Waals surface area contributed by atoms with E-state index in [9.17, 15) is 14.4 Å². The number of rotatable bonds is 3. The van der Waals surface area contributed by atoms with E-state index in [1.807, 2.05) is 54.7 Å². The Labute approximate surface area is 176 Å². The Morgan fingerprint density at radius 1 is 0.897 bits per heavy atom. The molecule has 0 atom stereocenters. The van der Waals surface area contributed by atoms with E-state index in [-0.39, 0.29) is 5.57 Å². The molecule has 1 saturated heterocycles. The Hall–Kier alpha value is -3.19. The number of imide groups is 2. The van der Waals surface area contributed by atoms with Crippen LogP contribution in [0, 0.1) is 0 Å². The molecule has 0 saturated carbocycles. The summed E-state index contributed by atoms with van der Waals surface area (Å²) in [4.78, 5) is 38.9. The number of nitrogens with zero attached hydrogens (tertiary/aromatic N) is 3. The predicted molar refractivity (Wildman–Crippen MR) is 114 cm³/mol. The van der Waals surface area contributed by atoms with Gasteiger partial charge in [-0.25, -0.2) is 4.79 Å². The smallest absolute Gasteiger partial charge is 0.333 e. The van der Waals surface area contributed by atoms with Crippen LogP contribution in [0.25, 0.3) is 17.0 Å². The molecule has 1 aliphatic rings. The van der Waals surface area contributed by atoms with Gasteiger partial charge in [0.1, 0.15) is 5.57 Å². The van der Waals surface area contributed by atoms with Crippen molar-refractivity contribution < 1.29 is 14.4 Å². The highest BCUT2D eigenvalue weighted by Crippen LogP contribution is 2.26. The fourth-order valence-electron chi connectivity index (χ4n) is 3.44. The molecule has 0 unspecified atom stereocenters. The summed E-state index contributed by atoms with van der Waals surface area (Å²) >= 11 is 3.44. The normalized spacial score (nSPS) is 14.9. The van der Waals surface area contributed by atoms with Gasteiger partial charge in [-0.05, 0) is 29.8 Å². The van der Waals surface area contributed by atoms with E-state index in [0.29, 0.717) is 6.54 Å². The summed E-state index contributed by atoms with van der Waals surface area (Å²) in [5.41, 5.74) is 2.85. The molecule has 6 nitrogen and oxygen atoms in total. The first-order valence-corrected chi connectivity index (χ1v) is 9.80. The van der Waals surface area contributed by atoms with Crippen molar-refractivity contribution in [1.82, 2.24) is 14.4 Å². The van der Waals surface area contributed by atoms with E-state index < -0.39 is 17.8 Å². The number of carbonyl (C=O) groups excluding carboxylic acids is 3. The molecule has 1 aliphatic heterocycles. The van der Waals surface area contributed by atoms with Crippen LogP contribution in [0.1, 0.15) is 11.1 Å². The molecule has 0 spiro atoms. The lowest BCUT2D eigenvalue weighted by atomic mass is 10.1. The average molecular weight is 452 g/mol. The van der Waals surface area contributed by atoms with Crippen LogP contribution in [0.4, 0.5) is 4.79 Å². The second-order valence-corrected chi connectivity index (χ2v) is 7.84. The minimum absolute atomic E-state index is 0.0267. The summed E-state index contributed by atoms with van der Waals surface area (Å²) in [7, 11) is 2.75. The molecular weight excluding hydrogens is 434 g/mol. The van der Waals surface area contributed by atoms with Crippen LogP contribution in [-0.4, -0.2) is 46.3 Å². The molecule has 0 aliphatic carbocycles. The summed E-state index contributed by atoms with van der Waals surface area (Å²) in [5, 5.41) is 0.930. The molecular formula is C22H18BrN3O3. The molecule has 2 heterocycles. The Morgan fingerprint density at radius 3 is 2.17 bits per heavy atom. The molecule has 0 radical (unpaired) electrons. The van der Waals surface area contributed by atoms with Crippen molar-refractivity contribution in [3.63, 3.8) is 0 Å². The summed E-state index contributed by atoms with van der Waals surface area (Å²) in [6, 6.07) is 15.3. The monoisotopic (exact) mass is 451 g/mol. The molecule has 4 amide bonds. The van der Waals surface area contributed by atoms with Crippen LogP contribution < -0.4 is 0 Å². The maximum atomic E-state index is 12.5. The quantitative estimate of drug-likeness (QED) is 0.448. The molecule has 2 aromatic carbocycles. The number of urea groups is 1. The Kier molecular flexibility index (Phi) is 4.84. The van der Waals surface area contributed by atoms with Gasteiger partial charge in [-0.2, -0.15) is 0 Å². The zero-order valence-electron chi connectivity index (χ0n) is 15.9. The number of hydrogen-bond donors (Lipinski definition) is 0. The standard InChI is InChI=1S/C22H18BrN3O3/c1-24-20(27)18(21(28)25(2)22(24)29)11-15-13-26(19-6-4-3-5-17(15)19)12-14-7-9-16(23)10-8-14/h3-11,13H,12H2,1-2H3. The lowest BCUT2D eigenvalue weighted by molar-refractivity contribution is -0.134. The average Bonchev–Trinajstić information content (AvgIpc) is 3.07. The second-order valence-electron chi connectivity index (χ2n) is 6.92. The molecule has 3 aromatic rings. The second kappa shape index (κ2) is 7.33. The first-order chi connectivity index (χ1) is 13.9. The van der Waals surface area contributed by atoms with Gasteiger partial charge in [-0.3, -0.25) is 19.4 Å². The molecule has 7 heteroatoms. The van der Waals surface area contributed by atoms with Gasteiger partial charge < -0.3 is 4.57 Å². The lowest BCUT2D eigenvalue weighted by Crippen LogP contribution is -2.52. The highest BCUT2D eigenvalue weighted by atomic mass is 79.9. The van der Waals surface area contributed by atoms with Crippen molar-refractivity contribution >= 4 is 50.8 Å². The number of aromatic nitrogens is 1. The third kappa shape index (κ3) is 3.38. The van der Waals surface area contributed by atoms with Crippen LogP contribution in [-0.2, 0) is 16.1 Å². The number of fused-ring (bicyclic) bond motifs is 1. The number of hydrogen-bond acceptors (Lipinski definition) is 3. The van der Waals surface area contributed by atoms with Crippen molar-refractivity contribution in [2.24, 2.45) is 0 Å². The highest BCUT2D eigenvalue weighted by molar-refractivity contribution is 9.10. The molecule has 1 aromatic heterocycles. The zero-order chi connectivity index (χ0) is 20.7. The van der Waals surface area contributed by atoms with Crippen LogP contribution in [0.5, 0.6) is 0 Å². The van der Waals surface area contributed by atoms with E-state index in [1.165, 1.54) is 14.1 Å². The van der Waals surface area contributed by atoms with Gasteiger partial charge in [0, 0.05) is 47.8 Å². The number of amides is 4. The molecule has 1 fully saturated rings. The van der Waals surface area contributed by atoms with Gasteiger partial charge in [0.05, 0.1) is 0 Å². The number of benzene rings is 2. The van der Waals surface area contributed by atoms with E-state index in [1.54, 1.807) is 6.08 Å². The largest absolute Gasteiger partial charge is 0.342 e. The van der Waals surface area contributed by atoms with Crippen LogP contribution in [0.2, 0.25) is 0 Å². The minimum atomic E-state index is -0.630. The van der Waals surface area contributed by atoms with E-state index in [2.05, 4.69) is 20.5 Å². The summed E-state index contributed by atoms with van der Waals surface area (Å²) in [6.07, 6.45) is 3.50. The van der Waals surface area contributed by atoms with Crippen LogP contribution >= 0.6 is 15.9 Å². The zero-order valence-corrected chi connectivity index (χ0v) is 17.5. The number of likely N-dealkylation sites (N-methyl/N-ethyl adjacent to an activating group) is 2. The van der Waals surface area contributed by atoms with Crippen molar-refractivity contribution in [2.45, 2.75) is 6.54 Å². The third-order valence-corrected chi connectivity index (χ3v) is 5.56. The van der Waals surface area contributed by atoms with Gasteiger partial charge >= 0.3 is 6.03 Å². The van der Waals surface area contributed by atoms with Crippen molar-refractivity contribution in [3.05, 3.63) is 75.9 Å². The Bertz CT molecular complexity index is 1150. The van der Waals surface area contributed by atoms with Crippen LogP contribution in [0.15, 0.2) is 64.8 Å². The first-order valence-electron chi connectivity index (χ1n) is 9.01.